The van der Waals surface area contributed by atoms with Crippen LogP contribution in [0.1, 0.15) is 32.6 Å². The first kappa shape index (κ1) is 15.7. The van der Waals surface area contributed by atoms with E-state index < -0.39 is 5.91 Å². The molecular formula is C21H18N2O. The quantitative estimate of drug-likeness (QED) is 0.775. The summed E-state index contributed by atoms with van der Waals surface area (Å²) >= 11 is 0. The van der Waals surface area contributed by atoms with Gasteiger partial charge >= 0.3 is 0 Å². The fourth-order valence-electron chi connectivity index (χ4n) is 2.54. The summed E-state index contributed by atoms with van der Waals surface area (Å²) in [4.78, 5) is 15.3. The normalized spacial score (nSPS) is 10.8. The van der Waals surface area contributed by atoms with E-state index in [2.05, 4.69) is 35.3 Å². The second-order valence-corrected chi connectivity index (χ2v) is 5.60. The van der Waals surface area contributed by atoms with Crippen molar-refractivity contribution in [1.82, 2.24) is 4.98 Å². The van der Waals surface area contributed by atoms with Crippen molar-refractivity contribution in [3.63, 3.8) is 0 Å². The maximum absolute atomic E-state index is 11.3. The van der Waals surface area contributed by atoms with Gasteiger partial charge < -0.3 is 5.73 Å². The van der Waals surface area contributed by atoms with Crippen LogP contribution in [0.3, 0.4) is 0 Å². The van der Waals surface area contributed by atoms with E-state index in [1.807, 2.05) is 36.4 Å². The molecule has 0 atom stereocenters. The molecule has 0 aliphatic rings. The Morgan fingerprint density at radius 1 is 0.875 bits per heavy atom. The summed E-state index contributed by atoms with van der Waals surface area (Å²) in [6, 6.07) is 19.7. The third kappa shape index (κ3) is 4.17. The minimum atomic E-state index is -0.397. The van der Waals surface area contributed by atoms with Crippen LogP contribution >= 0.6 is 0 Å². The molecule has 24 heavy (non-hydrogen) atoms. The number of amides is 1. The Morgan fingerprint density at radius 2 is 1.54 bits per heavy atom. The molecule has 3 heteroatoms. The first-order valence-electron chi connectivity index (χ1n) is 7.76. The van der Waals surface area contributed by atoms with Gasteiger partial charge in [-0.15, -0.1) is 0 Å². The van der Waals surface area contributed by atoms with E-state index in [0.29, 0.717) is 5.56 Å². The Hall–Kier alpha value is -3.20. The van der Waals surface area contributed by atoms with E-state index in [1.165, 1.54) is 5.56 Å². The van der Waals surface area contributed by atoms with Crippen molar-refractivity contribution in [3.05, 3.63) is 101 Å². The molecule has 1 aromatic heterocycles. The summed E-state index contributed by atoms with van der Waals surface area (Å²) in [5.41, 5.74) is 10.4. The third-order valence-corrected chi connectivity index (χ3v) is 3.75. The lowest BCUT2D eigenvalue weighted by Gasteiger charge is -2.05. The van der Waals surface area contributed by atoms with Crippen LogP contribution in [0.5, 0.6) is 0 Å². The van der Waals surface area contributed by atoms with Crippen molar-refractivity contribution in [1.29, 1.82) is 0 Å². The predicted octanol–water partition coefficient (Wildman–Crippen LogP) is 3.94. The first-order valence-corrected chi connectivity index (χ1v) is 7.76. The number of pyridine rings is 1. The van der Waals surface area contributed by atoms with E-state index >= 15 is 0 Å². The van der Waals surface area contributed by atoms with Crippen LogP contribution in [-0.2, 0) is 6.42 Å². The minimum absolute atomic E-state index is 0.397. The van der Waals surface area contributed by atoms with Gasteiger partial charge in [0.2, 0.25) is 5.91 Å². The Morgan fingerprint density at radius 3 is 2.29 bits per heavy atom. The summed E-state index contributed by atoms with van der Waals surface area (Å²) in [5, 5.41) is 0. The summed E-state index contributed by atoms with van der Waals surface area (Å²) < 4.78 is 0. The van der Waals surface area contributed by atoms with Crippen LogP contribution in [0.25, 0.3) is 12.2 Å². The van der Waals surface area contributed by atoms with Gasteiger partial charge in [-0.1, -0.05) is 48.6 Å². The summed E-state index contributed by atoms with van der Waals surface area (Å²) in [6.45, 7) is 0. The van der Waals surface area contributed by atoms with E-state index in [4.69, 9.17) is 5.73 Å². The molecule has 1 amide bonds. The molecule has 0 spiro atoms. The van der Waals surface area contributed by atoms with Crippen LogP contribution in [0, 0.1) is 0 Å². The van der Waals surface area contributed by atoms with Crippen molar-refractivity contribution in [3.8, 4) is 0 Å². The van der Waals surface area contributed by atoms with Crippen molar-refractivity contribution in [2.45, 2.75) is 6.42 Å². The number of hydrogen-bond acceptors (Lipinski definition) is 2. The molecule has 0 fully saturated rings. The molecule has 2 aromatic carbocycles. The van der Waals surface area contributed by atoms with Crippen molar-refractivity contribution in [2.24, 2.45) is 5.73 Å². The fraction of sp³-hybridized carbons (Fsp3) is 0.0476. The molecule has 0 saturated heterocycles. The van der Waals surface area contributed by atoms with Crippen LogP contribution < -0.4 is 5.73 Å². The van der Waals surface area contributed by atoms with E-state index in [1.54, 1.807) is 18.5 Å². The molecule has 0 unspecified atom stereocenters. The maximum atomic E-state index is 11.3. The largest absolute Gasteiger partial charge is 0.366 e. The number of aromatic nitrogens is 1. The Balaban J connectivity index is 1.77. The van der Waals surface area contributed by atoms with E-state index in [-0.39, 0.29) is 0 Å². The van der Waals surface area contributed by atoms with E-state index in [9.17, 15) is 4.79 Å². The fourth-order valence-corrected chi connectivity index (χ4v) is 2.54. The predicted molar refractivity (Wildman–Crippen MR) is 97.4 cm³/mol. The molecule has 3 rings (SSSR count). The van der Waals surface area contributed by atoms with Gasteiger partial charge in [-0.05, 0) is 52.9 Å². The number of rotatable bonds is 5. The number of carbonyl (C=O) groups is 1. The summed E-state index contributed by atoms with van der Waals surface area (Å²) in [5.74, 6) is -0.397. The van der Waals surface area contributed by atoms with E-state index in [0.717, 1.165) is 23.1 Å². The molecule has 118 valence electrons. The zero-order chi connectivity index (χ0) is 16.8. The molecule has 0 aliphatic heterocycles. The standard InChI is InChI=1S/C21H18N2O/c22-21(24)20-6-2-5-19(15-20)14-18-4-1-3-17(13-18)8-7-16-9-11-23-12-10-16/h1-13,15H,14H2,(H2,22,24)/b8-7+. The number of carbonyl (C=O) groups excluding carboxylic acids is 1. The van der Waals surface area contributed by atoms with Crippen LogP contribution in [-0.4, -0.2) is 10.9 Å². The van der Waals surface area contributed by atoms with Gasteiger partial charge in [0.1, 0.15) is 0 Å². The van der Waals surface area contributed by atoms with Gasteiger partial charge in [0.15, 0.2) is 0 Å². The van der Waals surface area contributed by atoms with Gasteiger partial charge in [-0.2, -0.15) is 0 Å². The smallest absolute Gasteiger partial charge is 0.248 e. The van der Waals surface area contributed by atoms with Crippen molar-refractivity contribution < 1.29 is 4.79 Å². The highest BCUT2D eigenvalue weighted by atomic mass is 16.1. The van der Waals surface area contributed by atoms with Gasteiger partial charge in [-0.3, -0.25) is 9.78 Å². The Labute approximate surface area is 141 Å². The van der Waals surface area contributed by atoms with Crippen LogP contribution in [0.4, 0.5) is 0 Å². The van der Waals surface area contributed by atoms with Gasteiger partial charge in [-0.25, -0.2) is 0 Å². The van der Waals surface area contributed by atoms with Gasteiger partial charge in [0.25, 0.3) is 0 Å². The van der Waals surface area contributed by atoms with Crippen molar-refractivity contribution >= 4 is 18.1 Å². The lowest BCUT2D eigenvalue weighted by molar-refractivity contribution is 0.1000. The average Bonchev–Trinajstić information content (AvgIpc) is 2.61. The molecular weight excluding hydrogens is 296 g/mol. The highest BCUT2D eigenvalue weighted by Crippen LogP contribution is 2.15. The van der Waals surface area contributed by atoms with Gasteiger partial charge in [0.05, 0.1) is 0 Å². The zero-order valence-electron chi connectivity index (χ0n) is 13.2. The summed E-state index contributed by atoms with van der Waals surface area (Å²) in [7, 11) is 0. The lowest BCUT2D eigenvalue weighted by atomic mass is 10.0. The van der Waals surface area contributed by atoms with Crippen LogP contribution in [0.2, 0.25) is 0 Å². The molecule has 0 aliphatic carbocycles. The molecule has 0 bridgehead atoms. The van der Waals surface area contributed by atoms with Crippen LogP contribution in [0.15, 0.2) is 73.1 Å². The lowest BCUT2D eigenvalue weighted by Crippen LogP contribution is -2.11. The minimum Gasteiger partial charge on any atom is -0.366 e. The van der Waals surface area contributed by atoms with Gasteiger partial charge in [0, 0.05) is 18.0 Å². The molecule has 2 N–H and O–H groups in total. The Kier molecular flexibility index (Phi) is 4.82. The third-order valence-electron chi connectivity index (χ3n) is 3.75. The van der Waals surface area contributed by atoms with Crippen molar-refractivity contribution in [2.75, 3.05) is 0 Å². The second kappa shape index (κ2) is 7.38. The highest BCUT2D eigenvalue weighted by Gasteiger charge is 2.02. The molecule has 0 saturated carbocycles. The number of nitrogens with two attached hydrogens (primary N) is 1. The topological polar surface area (TPSA) is 56.0 Å². The molecule has 0 radical (unpaired) electrons. The average molecular weight is 314 g/mol. The SMILES string of the molecule is NC(=O)c1cccc(Cc2cccc(/C=C/c3ccncc3)c2)c1. The number of hydrogen-bond donors (Lipinski definition) is 1. The summed E-state index contributed by atoms with van der Waals surface area (Å²) in [6.07, 6.45) is 8.47. The molecule has 1 heterocycles. The number of nitrogens with zero attached hydrogens (tertiary/aromatic N) is 1. The monoisotopic (exact) mass is 314 g/mol. The maximum Gasteiger partial charge on any atom is 0.248 e. The first-order chi connectivity index (χ1) is 11.7. The molecule has 3 nitrogen and oxygen atoms in total. The highest BCUT2D eigenvalue weighted by molar-refractivity contribution is 5.92. The number of benzene rings is 2. The Bertz CT molecular complexity index is 870. The number of primary amides is 1. The second-order valence-electron chi connectivity index (χ2n) is 5.60. The molecule has 3 aromatic rings. The zero-order valence-corrected chi connectivity index (χ0v) is 13.2.